The molecule has 0 aromatic heterocycles. The number of nitro benzene ring substituents is 1. The molecule has 156 valence electrons. The lowest BCUT2D eigenvalue weighted by Gasteiger charge is -2.14. The summed E-state index contributed by atoms with van der Waals surface area (Å²) in [5.74, 6) is -0.219. The summed E-state index contributed by atoms with van der Waals surface area (Å²) < 4.78 is 11.1. The van der Waals surface area contributed by atoms with E-state index < -0.39 is 10.9 Å². The second kappa shape index (κ2) is 11.0. The minimum Gasteiger partial charge on any atom is -0.459 e. The van der Waals surface area contributed by atoms with Gasteiger partial charge in [-0.1, -0.05) is 49.4 Å². The summed E-state index contributed by atoms with van der Waals surface area (Å²) in [5, 5.41) is 12.1. The number of nitrogens with zero attached hydrogens (tertiary/aromatic N) is 1. The molecule has 0 aliphatic rings. The molecule has 0 fully saturated rings. The van der Waals surface area contributed by atoms with Gasteiger partial charge in [0.2, 0.25) is 0 Å². The van der Waals surface area contributed by atoms with Crippen molar-refractivity contribution in [1.29, 1.82) is 0 Å². The molecule has 6 nitrogen and oxygen atoms in total. The second-order valence-corrected chi connectivity index (χ2v) is 7.52. The fourth-order valence-corrected chi connectivity index (χ4v) is 3.20. The van der Waals surface area contributed by atoms with Crippen LogP contribution in [0.2, 0.25) is 10.0 Å². The van der Waals surface area contributed by atoms with Gasteiger partial charge in [0.25, 0.3) is 5.69 Å². The summed E-state index contributed by atoms with van der Waals surface area (Å²) in [6.45, 7) is 3.90. The van der Waals surface area contributed by atoms with Crippen LogP contribution in [0.15, 0.2) is 36.4 Å². The Bertz CT molecular complexity index is 872. The summed E-state index contributed by atoms with van der Waals surface area (Å²) in [6, 6.07) is 8.58. The lowest BCUT2D eigenvalue weighted by atomic mass is 10.1. The zero-order valence-electron chi connectivity index (χ0n) is 16.3. The number of hydrogen-bond donors (Lipinski definition) is 0. The zero-order chi connectivity index (χ0) is 21.4. The van der Waals surface area contributed by atoms with Crippen LogP contribution in [0.25, 0.3) is 0 Å². The van der Waals surface area contributed by atoms with Gasteiger partial charge in [0, 0.05) is 17.2 Å². The van der Waals surface area contributed by atoms with Crippen LogP contribution in [-0.2, 0) is 4.74 Å². The SMILES string of the molecule is CCCCCCC(C)OC(=O)c1cc(Oc2ccc(Cl)cc2Cl)ccc1[N+](=O)[O-]. The van der Waals surface area contributed by atoms with Crippen molar-refractivity contribution in [3.63, 3.8) is 0 Å². The molecule has 0 amide bonds. The maximum Gasteiger partial charge on any atom is 0.345 e. The van der Waals surface area contributed by atoms with Crippen molar-refractivity contribution in [3.05, 3.63) is 62.1 Å². The Morgan fingerprint density at radius 2 is 1.90 bits per heavy atom. The van der Waals surface area contributed by atoms with Crippen LogP contribution in [0.1, 0.15) is 56.3 Å². The standard InChI is InChI=1S/C21H23Cl2NO5/c1-3-4-5-6-7-14(2)28-21(25)17-13-16(9-10-19(17)24(26)27)29-20-11-8-15(22)12-18(20)23/h8-14H,3-7H2,1-2H3. The van der Waals surface area contributed by atoms with E-state index >= 15 is 0 Å². The highest BCUT2D eigenvalue weighted by Gasteiger charge is 2.24. The van der Waals surface area contributed by atoms with Crippen LogP contribution in [0.3, 0.4) is 0 Å². The number of carbonyl (C=O) groups is 1. The molecule has 0 saturated heterocycles. The van der Waals surface area contributed by atoms with Crippen LogP contribution in [0.4, 0.5) is 5.69 Å². The Morgan fingerprint density at radius 1 is 1.14 bits per heavy atom. The van der Waals surface area contributed by atoms with Crippen LogP contribution in [0, 0.1) is 10.1 Å². The largest absolute Gasteiger partial charge is 0.459 e. The van der Waals surface area contributed by atoms with E-state index in [2.05, 4.69) is 6.92 Å². The van der Waals surface area contributed by atoms with Gasteiger partial charge < -0.3 is 9.47 Å². The predicted octanol–water partition coefficient (Wildman–Crippen LogP) is 7.21. The topological polar surface area (TPSA) is 78.7 Å². The Kier molecular flexibility index (Phi) is 8.73. The Morgan fingerprint density at radius 3 is 2.55 bits per heavy atom. The first-order valence-electron chi connectivity index (χ1n) is 9.44. The second-order valence-electron chi connectivity index (χ2n) is 6.68. The van der Waals surface area contributed by atoms with E-state index in [0.717, 1.165) is 25.7 Å². The molecule has 1 unspecified atom stereocenters. The van der Waals surface area contributed by atoms with Gasteiger partial charge in [-0.3, -0.25) is 10.1 Å². The predicted molar refractivity (Wildman–Crippen MR) is 113 cm³/mol. The number of nitro groups is 1. The zero-order valence-corrected chi connectivity index (χ0v) is 17.8. The monoisotopic (exact) mass is 439 g/mol. The first kappa shape index (κ1) is 23.0. The normalized spacial score (nSPS) is 11.7. The third kappa shape index (κ3) is 6.91. The van der Waals surface area contributed by atoms with E-state index in [1.807, 2.05) is 0 Å². The number of halogens is 2. The van der Waals surface area contributed by atoms with E-state index in [-0.39, 0.29) is 28.1 Å². The maximum atomic E-state index is 12.6. The molecule has 0 bridgehead atoms. The Labute approximate surface area is 179 Å². The first-order valence-corrected chi connectivity index (χ1v) is 10.2. The van der Waals surface area contributed by atoms with E-state index in [1.54, 1.807) is 19.1 Å². The van der Waals surface area contributed by atoms with Crippen LogP contribution in [0.5, 0.6) is 11.5 Å². The highest BCUT2D eigenvalue weighted by atomic mass is 35.5. The molecule has 0 spiro atoms. The van der Waals surface area contributed by atoms with E-state index in [1.165, 1.54) is 24.3 Å². The lowest BCUT2D eigenvalue weighted by molar-refractivity contribution is -0.385. The fourth-order valence-electron chi connectivity index (χ4n) is 2.75. The number of benzene rings is 2. The van der Waals surface area contributed by atoms with E-state index in [9.17, 15) is 14.9 Å². The van der Waals surface area contributed by atoms with Gasteiger partial charge in [-0.2, -0.15) is 0 Å². The van der Waals surface area contributed by atoms with Crippen molar-refractivity contribution in [2.45, 2.75) is 52.1 Å². The molecule has 29 heavy (non-hydrogen) atoms. The third-order valence-corrected chi connectivity index (χ3v) is 4.81. The van der Waals surface area contributed by atoms with E-state index in [0.29, 0.717) is 17.2 Å². The van der Waals surface area contributed by atoms with Gasteiger partial charge in [-0.15, -0.1) is 0 Å². The molecule has 0 aliphatic carbocycles. The van der Waals surface area contributed by atoms with Gasteiger partial charge in [-0.25, -0.2) is 4.79 Å². The molecular weight excluding hydrogens is 417 g/mol. The molecule has 8 heteroatoms. The van der Waals surface area contributed by atoms with Crippen LogP contribution in [-0.4, -0.2) is 17.0 Å². The summed E-state index contributed by atoms with van der Waals surface area (Å²) in [4.78, 5) is 23.3. The van der Waals surface area contributed by atoms with Crippen molar-refractivity contribution in [2.75, 3.05) is 0 Å². The van der Waals surface area contributed by atoms with Crippen molar-refractivity contribution < 1.29 is 19.2 Å². The van der Waals surface area contributed by atoms with Gasteiger partial charge in [0.15, 0.2) is 0 Å². The fraction of sp³-hybridized carbons (Fsp3) is 0.381. The highest BCUT2D eigenvalue weighted by molar-refractivity contribution is 6.35. The highest BCUT2D eigenvalue weighted by Crippen LogP contribution is 2.33. The van der Waals surface area contributed by atoms with Crippen molar-refractivity contribution in [1.82, 2.24) is 0 Å². The average molecular weight is 440 g/mol. The smallest absolute Gasteiger partial charge is 0.345 e. The molecule has 0 aliphatic heterocycles. The minimum atomic E-state index is -0.757. The number of carbonyl (C=O) groups excluding carboxylic acids is 1. The number of ether oxygens (including phenoxy) is 2. The molecule has 2 aromatic carbocycles. The Balaban J connectivity index is 2.17. The van der Waals surface area contributed by atoms with Gasteiger partial charge >= 0.3 is 5.97 Å². The lowest BCUT2D eigenvalue weighted by Crippen LogP contribution is -2.16. The Hall–Kier alpha value is -2.31. The van der Waals surface area contributed by atoms with Gasteiger partial charge in [0.05, 0.1) is 16.0 Å². The summed E-state index contributed by atoms with van der Waals surface area (Å²) in [6.07, 6.45) is 4.60. The van der Waals surface area contributed by atoms with Gasteiger partial charge in [-0.05, 0) is 44.0 Å². The molecule has 2 rings (SSSR count). The summed E-state index contributed by atoms with van der Waals surface area (Å²) in [7, 11) is 0. The van der Waals surface area contributed by atoms with Crippen LogP contribution < -0.4 is 4.74 Å². The number of hydrogen-bond acceptors (Lipinski definition) is 5. The summed E-state index contributed by atoms with van der Waals surface area (Å²) in [5.41, 5.74) is -0.513. The third-order valence-electron chi connectivity index (χ3n) is 4.28. The molecule has 0 saturated carbocycles. The molecule has 0 N–H and O–H groups in total. The first-order chi connectivity index (χ1) is 13.8. The average Bonchev–Trinajstić information content (AvgIpc) is 2.67. The van der Waals surface area contributed by atoms with Crippen molar-refractivity contribution >= 4 is 34.9 Å². The quantitative estimate of drug-likeness (QED) is 0.169. The van der Waals surface area contributed by atoms with Crippen LogP contribution >= 0.6 is 23.2 Å². The molecule has 2 aromatic rings. The molecule has 0 heterocycles. The maximum absolute atomic E-state index is 12.6. The molecule has 0 radical (unpaired) electrons. The molecule has 1 atom stereocenters. The summed E-state index contributed by atoms with van der Waals surface area (Å²) >= 11 is 12.0. The van der Waals surface area contributed by atoms with Gasteiger partial charge in [0.1, 0.15) is 17.1 Å². The van der Waals surface area contributed by atoms with E-state index in [4.69, 9.17) is 32.7 Å². The minimum absolute atomic E-state index is 0.169. The van der Waals surface area contributed by atoms with Crippen molar-refractivity contribution in [2.24, 2.45) is 0 Å². The van der Waals surface area contributed by atoms with Crippen molar-refractivity contribution in [3.8, 4) is 11.5 Å². The number of esters is 1. The number of unbranched alkanes of at least 4 members (excludes halogenated alkanes) is 3. The number of rotatable bonds is 10. The molecular formula is C21H23Cl2NO5.